The van der Waals surface area contributed by atoms with Crippen LogP contribution in [0.15, 0.2) is 65.3 Å². The van der Waals surface area contributed by atoms with Crippen LogP contribution in [-0.2, 0) is 6.54 Å². The summed E-state index contributed by atoms with van der Waals surface area (Å²) >= 11 is 0.974. The number of nitrogens with one attached hydrogen (secondary N) is 1. The molecule has 1 aliphatic rings. The summed E-state index contributed by atoms with van der Waals surface area (Å²) in [6, 6.07) is 13.3. The Morgan fingerprint density at radius 1 is 1.06 bits per heavy atom. The lowest BCUT2D eigenvalue weighted by Crippen LogP contribution is -2.28. The highest BCUT2D eigenvalue weighted by Crippen LogP contribution is 2.27. The van der Waals surface area contributed by atoms with Gasteiger partial charge in [-0.05, 0) is 54.6 Å². The molecule has 8 nitrogen and oxygen atoms in total. The maximum atomic E-state index is 13.1. The predicted octanol–water partition coefficient (Wildman–Crippen LogP) is 3.99. The van der Waals surface area contributed by atoms with Crippen LogP contribution in [0.4, 0.5) is 9.52 Å². The van der Waals surface area contributed by atoms with Gasteiger partial charge in [-0.25, -0.2) is 4.39 Å². The summed E-state index contributed by atoms with van der Waals surface area (Å²) in [5.74, 6) is -0.976. The average molecular weight is 448 g/mol. The molecule has 158 valence electrons. The van der Waals surface area contributed by atoms with Crippen LogP contribution in [0.25, 0.3) is 11.4 Å². The van der Waals surface area contributed by atoms with Crippen molar-refractivity contribution in [3.05, 3.63) is 89.1 Å². The number of imide groups is 1. The number of halogens is 1. The Hall–Kier alpha value is -4.18. The van der Waals surface area contributed by atoms with Crippen LogP contribution >= 0.6 is 11.5 Å². The van der Waals surface area contributed by atoms with Crippen molar-refractivity contribution in [1.82, 2.24) is 14.3 Å². The number of anilines is 1. The van der Waals surface area contributed by atoms with Gasteiger partial charge in [0.1, 0.15) is 11.6 Å². The van der Waals surface area contributed by atoms with Crippen molar-refractivity contribution in [3.8, 4) is 11.4 Å². The van der Waals surface area contributed by atoms with E-state index in [4.69, 9.17) is 4.42 Å². The SMILES string of the molecule is O=C(Nc1nc(-c2ccc(F)cc2)ns1)c1ccc2c(c1)C(=O)N(Cc1ccco1)C2=O. The van der Waals surface area contributed by atoms with Crippen LogP contribution in [0.2, 0.25) is 0 Å². The first-order valence-electron chi connectivity index (χ1n) is 9.43. The maximum absolute atomic E-state index is 13.1. The van der Waals surface area contributed by atoms with Crippen molar-refractivity contribution in [2.45, 2.75) is 6.54 Å². The van der Waals surface area contributed by atoms with Gasteiger partial charge in [-0.2, -0.15) is 9.36 Å². The Kier molecular flexibility index (Phi) is 4.83. The zero-order valence-corrected chi connectivity index (χ0v) is 17.1. The number of aromatic nitrogens is 2. The highest BCUT2D eigenvalue weighted by atomic mass is 32.1. The highest BCUT2D eigenvalue weighted by Gasteiger charge is 2.36. The fourth-order valence-corrected chi connectivity index (χ4v) is 3.88. The number of hydrogen-bond donors (Lipinski definition) is 1. The first-order chi connectivity index (χ1) is 15.5. The van der Waals surface area contributed by atoms with E-state index in [-0.39, 0.29) is 34.2 Å². The Morgan fingerprint density at radius 2 is 1.84 bits per heavy atom. The second-order valence-corrected chi connectivity index (χ2v) is 7.67. The van der Waals surface area contributed by atoms with Crippen LogP contribution in [0.5, 0.6) is 0 Å². The van der Waals surface area contributed by atoms with E-state index in [9.17, 15) is 18.8 Å². The number of rotatable bonds is 5. The number of benzene rings is 2. The van der Waals surface area contributed by atoms with Crippen molar-refractivity contribution in [3.63, 3.8) is 0 Å². The summed E-state index contributed by atoms with van der Waals surface area (Å²) < 4.78 is 22.5. The fourth-order valence-electron chi connectivity index (χ4n) is 3.29. The van der Waals surface area contributed by atoms with Gasteiger partial charge in [0.05, 0.1) is 23.9 Å². The van der Waals surface area contributed by atoms with Gasteiger partial charge in [0.15, 0.2) is 5.82 Å². The number of carbonyl (C=O) groups excluding carboxylic acids is 3. The lowest BCUT2D eigenvalue weighted by molar-refractivity contribution is 0.0631. The molecule has 4 aromatic rings. The zero-order valence-electron chi connectivity index (χ0n) is 16.2. The van der Waals surface area contributed by atoms with Crippen LogP contribution in [0.1, 0.15) is 36.8 Å². The first-order valence-corrected chi connectivity index (χ1v) is 10.2. The van der Waals surface area contributed by atoms with E-state index in [1.54, 1.807) is 24.3 Å². The number of fused-ring (bicyclic) bond motifs is 1. The van der Waals surface area contributed by atoms with Crippen LogP contribution < -0.4 is 5.32 Å². The Balaban J connectivity index is 1.33. The van der Waals surface area contributed by atoms with Gasteiger partial charge in [0, 0.05) is 22.7 Å². The molecule has 1 N–H and O–H groups in total. The molecule has 10 heteroatoms. The molecule has 0 aliphatic carbocycles. The first kappa shape index (κ1) is 19.8. The van der Waals surface area contributed by atoms with E-state index in [2.05, 4.69) is 14.7 Å². The maximum Gasteiger partial charge on any atom is 0.261 e. The summed E-state index contributed by atoms with van der Waals surface area (Å²) in [6.07, 6.45) is 1.46. The van der Waals surface area contributed by atoms with Crippen LogP contribution in [0.3, 0.4) is 0 Å². The number of furan rings is 1. The minimum atomic E-state index is -0.501. The van der Waals surface area contributed by atoms with Gasteiger partial charge in [0.2, 0.25) is 5.13 Å². The average Bonchev–Trinajstić information content (AvgIpc) is 3.53. The molecular weight excluding hydrogens is 435 g/mol. The molecule has 1 aliphatic heterocycles. The van der Waals surface area contributed by atoms with E-state index in [0.717, 1.165) is 16.4 Å². The molecule has 0 radical (unpaired) electrons. The normalized spacial score (nSPS) is 12.8. The molecule has 3 heterocycles. The highest BCUT2D eigenvalue weighted by molar-refractivity contribution is 7.10. The van der Waals surface area contributed by atoms with Gasteiger partial charge < -0.3 is 4.42 Å². The summed E-state index contributed by atoms with van der Waals surface area (Å²) in [5, 5.41) is 2.88. The Bertz CT molecular complexity index is 1350. The Morgan fingerprint density at radius 3 is 2.59 bits per heavy atom. The van der Waals surface area contributed by atoms with E-state index < -0.39 is 17.7 Å². The van der Waals surface area contributed by atoms with Crippen LogP contribution in [-0.4, -0.2) is 32.0 Å². The minimum absolute atomic E-state index is 0.0117. The lowest BCUT2D eigenvalue weighted by Gasteiger charge is -2.11. The molecule has 0 saturated heterocycles. The quantitative estimate of drug-likeness (QED) is 0.463. The molecule has 5 rings (SSSR count). The van der Waals surface area contributed by atoms with E-state index in [1.165, 1.54) is 36.6 Å². The molecule has 32 heavy (non-hydrogen) atoms. The van der Waals surface area contributed by atoms with Crippen molar-refractivity contribution < 1.29 is 23.2 Å². The molecular formula is C22H13FN4O4S. The standard InChI is InChI=1S/C22H13FN4O4S/c23-14-6-3-12(4-7-14)18-24-22(32-26-18)25-19(28)13-5-8-16-17(10-13)21(30)27(20(16)29)11-15-2-1-9-31-15/h1-10H,11H2,(H,24,25,26,28). The monoisotopic (exact) mass is 448 g/mol. The third-order valence-corrected chi connectivity index (χ3v) is 5.51. The molecule has 0 spiro atoms. The third kappa shape index (κ3) is 3.56. The summed E-state index contributed by atoms with van der Waals surface area (Å²) in [4.78, 5) is 43.3. The number of hydrogen-bond acceptors (Lipinski definition) is 7. The summed E-state index contributed by atoms with van der Waals surface area (Å²) in [6.45, 7) is 0.0117. The van der Waals surface area contributed by atoms with Crippen molar-refractivity contribution in [2.75, 3.05) is 5.32 Å². The molecule has 0 atom stereocenters. The number of nitrogens with zero attached hydrogens (tertiary/aromatic N) is 3. The Labute approximate surface area is 184 Å². The molecule has 2 aromatic carbocycles. The number of carbonyl (C=O) groups is 3. The summed E-state index contributed by atoms with van der Waals surface area (Å²) in [5.41, 5.74) is 1.19. The molecule has 0 fully saturated rings. The topological polar surface area (TPSA) is 105 Å². The molecule has 2 aromatic heterocycles. The van der Waals surface area contributed by atoms with E-state index in [0.29, 0.717) is 17.1 Å². The largest absolute Gasteiger partial charge is 0.467 e. The summed E-state index contributed by atoms with van der Waals surface area (Å²) in [7, 11) is 0. The fraction of sp³-hybridized carbons (Fsp3) is 0.0455. The molecule has 0 saturated carbocycles. The van der Waals surface area contributed by atoms with Gasteiger partial charge >= 0.3 is 0 Å². The van der Waals surface area contributed by atoms with Crippen molar-refractivity contribution in [1.29, 1.82) is 0 Å². The minimum Gasteiger partial charge on any atom is -0.467 e. The molecule has 0 unspecified atom stereocenters. The van der Waals surface area contributed by atoms with E-state index in [1.807, 2.05) is 0 Å². The molecule has 0 bridgehead atoms. The third-order valence-electron chi connectivity index (χ3n) is 4.88. The molecule has 3 amide bonds. The smallest absolute Gasteiger partial charge is 0.261 e. The zero-order chi connectivity index (χ0) is 22.2. The van der Waals surface area contributed by atoms with E-state index >= 15 is 0 Å². The van der Waals surface area contributed by atoms with Gasteiger partial charge in [0.25, 0.3) is 17.7 Å². The van der Waals surface area contributed by atoms with Crippen LogP contribution in [0, 0.1) is 5.82 Å². The second-order valence-electron chi connectivity index (χ2n) is 6.92. The lowest BCUT2D eigenvalue weighted by atomic mass is 10.1. The second kappa shape index (κ2) is 7.82. The number of amides is 3. The van der Waals surface area contributed by atoms with Crippen molar-refractivity contribution >= 4 is 34.4 Å². The van der Waals surface area contributed by atoms with Gasteiger partial charge in [-0.15, -0.1) is 0 Å². The predicted molar refractivity (Wildman–Crippen MR) is 113 cm³/mol. The van der Waals surface area contributed by atoms with Gasteiger partial charge in [-0.1, -0.05) is 0 Å². The van der Waals surface area contributed by atoms with Crippen molar-refractivity contribution in [2.24, 2.45) is 0 Å². The van der Waals surface area contributed by atoms with Gasteiger partial charge in [-0.3, -0.25) is 24.6 Å².